The van der Waals surface area contributed by atoms with Crippen molar-refractivity contribution in [2.45, 2.75) is 24.9 Å². The van der Waals surface area contributed by atoms with E-state index in [4.69, 9.17) is 0 Å². The number of aromatic nitrogens is 2. The van der Waals surface area contributed by atoms with Crippen LogP contribution < -0.4 is 5.32 Å². The third-order valence-electron chi connectivity index (χ3n) is 2.82. The lowest BCUT2D eigenvalue weighted by Crippen LogP contribution is -2.30. The van der Waals surface area contributed by atoms with Gasteiger partial charge in [0.2, 0.25) is 5.16 Å². The van der Waals surface area contributed by atoms with Gasteiger partial charge in [-0.1, -0.05) is 0 Å². The number of rotatable bonds is 3. The maximum atomic E-state index is 12.0. The van der Waals surface area contributed by atoms with Gasteiger partial charge < -0.3 is 5.32 Å². The highest BCUT2D eigenvalue weighted by Crippen LogP contribution is 2.15. The molecule has 0 unspecified atom stereocenters. The first kappa shape index (κ1) is 11.7. The lowest BCUT2D eigenvalue weighted by Gasteiger charge is -2.21. The third kappa shape index (κ3) is 3.09. The van der Waals surface area contributed by atoms with Crippen molar-refractivity contribution in [1.29, 1.82) is 0 Å². The molecule has 1 N–H and O–H groups in total. The second-order valence-electron chi connectivity index (χ2n) is 4.19. The monoisotopic (exact) mass is 239 g/mol. The van der Waals surface area contributed by atoms with Gasteiger partial charge in [0.25, 0.3) is 0 Å². The minimum Gasteiger partial charge on any atom is -0.317 e. The zero-order chi connectivity index (χ0) is 11.4. The highest BCUT2D eigenvalue weighted by Gasteiger charge is 2.18. The molecule has 1 aromatic rings. The van der Waals surface area contributed by atoms with Crippen molar-refractivity contribution < 1.29 is 4.21 Å². The van der Waals surface area contributed by atoms with E-state index in [1.165, 1.54) is 0 Å². The van der Waals surface area contributed by atoms with Gasteiger partial charge in [0.15, 0.2) is 0 Å². The Balaban J connectivity index is 1.97. The molecule has 0 radical (unpaired) electrons. The molecule has 5 heteroatoms. The Labute approximate surface area is 98.3 Å². The van der Waals surface area contributed by atoms with Gasteiger partial charge in [-0.2, -0.15) is 0 Å². The largest absolute Gasteiger partial charge is 0.317 e. The van der Waals surface area contributed by atoms with Crippen LogP contribution in [0.2, 0.25) is 0 Å². The van der Waals surface area contributed by atoms with Crippen molar-refractivity contribution >= 4 is 10.8 Å². The second-order valence-corrected chi connectivity index (χ2v) is 5.58. The van der Waals surface area contributed by atoms with Crippen molar-refractivity contribution in [1.82, 2.24) is 15.3 Å². The number of aryl methyl sites for hydroxylation is 1. The molecule has 1 atom stereocenters. The van der Waals surface area contributed by atoms with Gasteiger partial charge in [-0.15, -0.1) is 0 Å². The van der Waals surface area contributed by atoms with Gasteiger partial charge in [-0.3, -0.25) is 4.21 Å². The van der Waals surface area contributed by atoms with Crippen LogP contribution in [0.1, 0.15) is 18.5 Å². The summed E-state index contributed by atoms with van der Waals surface area (Å²) in [6.45, 7) is 3.97. The van der Waals surface area contributed by atoms with Crippen LogP contribution in [0, 0.1) is 12.8 Å². The van der Waals surface area contributed by atoms with Crippen LogP contribution in [0.4, 0.5) is 0 Å². The normalized spacial score (nSPS) is 19.6. The van der Waals surface area contributed by atoms with Crippen LogP contribution in [-0.4, -0.2) is 33.0 Å². The van der Waals surface area contributed by atoms with E-state index in [0.29, 0.717) is 16.8 Å². The molecule has 0 saturated carbocycles. The SMILES string of the molecule is Cc1ccnc([S@@](=O)CC2CCNCC2)n1. The zero-order valence-electron chi connectivity index (χ0n) is 9.48. The molecular formula is C11H17N3OS. The van der Waals surface area contributed by atoms with E-state index in [-0.39, 0.29) is 0 Å². The zero-order valence-corrected chi connectivity index (χ0v) is 10.3. The third-order valence-corrected chi connectivity index (χ3v) is 4.20. The predicted octanol–water partition coefficient (Wildman–Crippen LogP) is 0.892. The number of nitrogens with one attached hydrogen (secondary N) is 1. The Morgan fingerprint density at radius 1 is 1.50 bits per heavy atom. The molecule has 1 aliphatic heterocycles. The van der Waals surface area contributed by atoms with Crippen LogP contribution in [0.3, 0.4) is 0 Å². The van der Waals surface area contributed by atoms with E-state index < -0.39 is 10.8 Å². The van der Waals surface area contributed by atoms with Gasteiger partial charge in [0.05, 0.1) is 10.8 Å². The molecule has 1 aliphatic rings. The van der Waals surface area contributed by atoms with E-state index in [2.05, 4.69) is 15.3 Å². The first-order valence-corrected chi connectivity index (χ1v) is 6.96. The predicted molar refractivity (Wildman–Crippen MR) is 63.6 cm³/mol. The van der Waals surface area contributed by atoms with Gasteiger partial charge in [-0.25, -0.2) is 9.97 Å². The molecular weight excluding hydrogens is 222 g/mol. The number of nitrogens with zero attached hydrogens (tertiary/aromatic N) is 2. The van der Waals surface area contributed by atoms with Gasteiger partial charge in [0, 0.05) is 17.6 Å². The molecule has 0 amide bonds. The molecule has 1 fully saturated rings. The average Bonchev–Trinajstić information content (AvgIpc) is 2.30. The highest BCUT2D eigenvalue weighted by atomic mass is 32.2. The van der Waals surface area contributed by atoms with Gasteiger partial charge in [0.1, 0.15) is 0 Å². The lowest BCUT2D eigenvalue weighted by atomic mass is 10.0. The number of piperidine rings is 1. The topological polar surface area (TPSA) is 54.9 Å². The summed E-state index contributed by atoms with van der Waals surface area (Å²) >= 11 is 0. The number of hydrogen-bond donors (Lipinski definition) is 1. The maximum absolute atomic E-state index is 12.0. The fraction of sp³-hybridized carbons (Fsp3) is 0.636. The first-order chi connectivity index (χ1) is 7.75. The summed E-state index contributed by atoms with van der Waals surface area (Å²) in [5.74, 6) is 1.25. The first-order valence-electron chi connectivity index (χ1n) is 5.64. The molecule has 16 heavy (non-hydrogen) atoms. The molecule has 4 nitrogen and oxygen atoms in total. The van der Waals surface area contributed by atoms with E-state index in [1.54, 1.807) is 6.20 Å². The van der Waals surface area contributed by atoms with Gasteiger partial charge >= 0.3 is 0 Å². The molecule has 1 aromatic heterocycles. The second kappa shape index (κ2) is 5.50. The van der Waals surface area contributed by atoms with Crippen LogP contribution >= 0.6 is 0 Å². The maximum Gasteiger partial charge on any atom is 0.218 e. The van der Waals surface area contributed by atoms with E-state index >= 15 is 0 Å². The summed E-state index contributed by atoms with van der Waals surface area (Å²) in [5, 5.41) is 3.79. The van der Waals surface area contributed by atoms with Crippen molar-refractivity contribution in [2.75, 3.05) is 18.8 Å². The molecule has 88 valence electrons. The summed E-state index contributed by atoms with van der Waals surface area (Å²) in [7, 11) is -1.04. The Hall–Kier alpha value is -0.810. The molecule has 0 spiro atoms. The quantitative estimate of drug-likeness (QED) is 0.796. The van der Waals surface area contributed by atoms with Crippen molar-refractivity contribution in [3.05, 3.63) is 18.0 Å². The Morgan fingerprint density at radius 3 is 2.94 bits per heavy atom. The summed E-state index contributed by atoms with van der Waals surface area (Å²) in [6, 6.07) is 1.82. The minimum atomic E-state index is -1.04. The Morgan fingerprint density at radius 2 is 2.25 bits per heavy atom. The van der Waals surface area contributed by atoms with E-state index in [9.17, 15) is 4.21 Å². The number of hydrogen-bond acceptors (Lipinski definition) is 4. The fourth-order valence-corrected chi connectivity index (χ4v) is 3.21. The highest BCUT2D eigenvalue weighted by molar-refractivity contribution is 7.84. The fourth-order valence-electron chi connectivity index (χ4n) is 1.87. The molecule has 0 aromatic carbocycles. The minimum absolute atomic E-state index is 0.485. The van der Waals surface area contributed by atoms with Crippen LogP contribution in [0.15, 0.2) is 17.4 Å². The summed E-state index contributed by atoms with van der Waals surface area (Å²) in [6.07, 6.45) is 3.90. The average molecular weight is 239 g/mol. The smallest absolute Gasteiger partial charge is 0.218 e. The standard InChI is InChI=1S/C11H17N3OS/c1-9-2-7-13-11(14-9)16(15)8-10-3-5-12-6-4-10/h2,7,10,12H,3-6,8H2,1H3/t16-/m0/s1. The summed E-state index contributed by atoms with van der Waals surface area (Å²) < 4.78 is 12.0. The van der Waals surface area contributed by atoms with Crippen LogP contribution in [0.25, 0.3) is 0 Å². The lowest BCUT2D eigenvalue weighted by molar-refractivity contribution is 0.405. The summed E-state index contributed by atoms with van der Waals surface area (Å²) in [4.78, 5) is 8.29. The van der Waals surface area contributed by atoms with Crippen LogP contribution in [0.5, 0.6) is 0 Å². The van der Waals surface area contributed by atoms with E-state index in [1.807, 2.05) is 13.0 Å². The van der Waals surface area contributed by atoms with Gasteiger partial charge in [-0.05, 0) is 44.8 Å². The Kier molecular flexibility index (Phi) is 4.01. The van der Waals surface area contributed by atoms with E-state index in [0.717, 1.165) is 31.6 Å². The molecule has 0 bridgehead atoms. The van der Waals surface area contributed by atoms with Crippen molar-refractivity contribution in [2.24, 2.45) is 5.92 Å². The molecule has 2 heterocycles. The van der Waals surface area contributed by atoms with Crippen LogP contribution in [-0.2, 0) is 10.8 Å². The van der Waals surface area contributed by atoms with Crippen molar-refractivity contribution in [3.63, 3.8) is 0 Å². The molecule has 1 saturated heterocycles. The Bertz CT molecular complexity index is 377. The molecule has 0 aliphatic carbocycles. The van der Waals surface area contributed by atoms with Crippen molar-refractivity contribution in [3.8, 4) is 0 Å². The summed E-state index contributed by atoms with van der Waals surface area (Å²) in [5.41, 5.74) is 0.878. The molecule has 2 rings (SSSR count).